The van der Waals surface area contributed by atoms with Crippen LogP contribution in [0.4, 0.5) is 4.39 Å². The normalized spacial score (nSPS) is 11.1. The summed E-state index contributed by atoms with van der Waals surface area (Å²) < 4.78 is 14.5. The van der Waals surface area contributed by atoms with Crippen LogP contribution in [-0.4, -0.2) is 21.3 Å². The highest BCUT2D eigenvalue weighted by molar-refractivity contribution is 5.78. The van der Waals surface area contributed by atoms with E-state index in [0.29, 0.717) is 11.3 Å². The third-order valence-electron chi connectivity index (χ3n) is 2.26. The van der Waals surface area contributed by atoms with Crippen molar-refractivity contribution in [1.82, 2.24) is 14.7 Å². The van der Waals surface area contributed by atoms with Gasteiger partial charge in [0.15, 0.2) is 0 Å². The highest BCUT2D eigenvalue weighted by atomic mass is 19.1. The number of carbonyl (C=O) groups excluding carboxylic acids is 1. The van der Waals surface area contributed by atoms with Gasteiger partial charge in [-0.25, -0.2) is 9.37 Å². The molecule has 0 radical (unpaired) electrons. The van der Waals surface area contributed by atoms with Crippen molar-refractivity contribution in [1.29, 1.82) is 0 Å². The molecule has 1 N–H and O–H groups in total. The van der Waals surface area contributed by atoms with Crippen LogP contribution in [0, 0.1) is 5.82 Å². The third-order valence-corrected chi connectivity index (χ3v) is 2.26. The van der Waals surface area contributed by atoms with Gasteiger partial charge >= 0.3 is 0 Å². The van der Waals surface area contributed by atoms with Gasteiger partial charge in [-0.05, 0) is 26.0 Å². The summed E-state index contributed by atoms with van der Waals surface area (Å²) in [7, 11) is 0. The molecule has 0 aliphatic rings. The van der Waals surface area contributed by atoms with Gasteiger partial charge in [0.2, 0.25) is 5.91 Å². The fraction of sp³-hybridized carbons (Fsp3) is 0.333. The molecule has 0 aliphatic carbocycles. The van der Waals surface area contributed by atoms with Crippen LogP contribution >= 0.6 is 0 Å². The summed E-state index contributed by atoms with van der Waals surface area (Å²) >= 11 is 0. The van der Waals surface area contributed by atoms with E-state index in [1.807, 2.05) is 13.8 Å². The number of amides is 1. The monoisotopic (exact) mass is 235 g/mol. The summed E-state index contributed by atoms with van der Waals surface area (Å²) in [5.41, 5.74) is 1.27. The van der Waals surface area contributed by atoms with Crippen molar-refractivity contribution in [2.24, 2.45) is 0 Å². The zero-order chi connectivity index (χ0) is 12.4. The molecule has 1 amide bonds. The Labute approximate surface area is 98.5 Å². The summed E-state index contributed by atoms with van der Waals surface area (Å²) in [4.78, 5) is 15.8. The molecule has 2 rings (SSSR count). The standard InChI is InChI=1S/C12H14FN3O/c1-8(2)14-12(17)5-10-7-16-6-9(13)3-4-11(16)15-10/h3-4,6-8H,5H2,1-2H3,(H,14,17). The van der Waals surface area contributed by atoms with Crippen LogP contribution in [0.15, 0.2) is 24.5 Å². The topological polar surface area (TPSA) is 46.4 Å². The first-order chi connectivity index (χ1) is 8.04. The number of nitrogens with zero attached hydrogens (tertiary/aromatic N) is 2. The van der Waals surface area contributed by atoms with Gasteiger partial charge in [-0.2, -0.15) is 0 Å². The average molecular weight is 235 g/mol. The summed E-state index contributed by atoms with van der Waals surface area (Å²) in [6.45, 7) is 3.80. The second kappa shape index (κ2) is 4.53. The van der Waals surface area contributed by atoms with Crippen molar-refractivity contribution in [2.75, 3.05) is 0 Å². The van der Waals surface area contributed by atoms with Crippen LogP contribution in [0.5, 0.6) is 0 Å². The van der Waals surface area contributed by atoms with Crippen LogP contribution in [-0.2, 0) is 11.2 Å². The van der Waals surface area contributed by atoms with Crippen LogP contribution in [0.2, 0.25) is 0 Å². The van der Waals surface area contributed by atoms with Gasteiger partial charge in [0.1, 0.15) is 11.5 Å². The summed E-state index contributed by atoms with van der Waals surface area (Å²) in [5.74, 6) is -0.406. The highest BCUT2D eigenvalue weighted by Gasteiger charge is 2.08. The van der Waals surface area contributed by atoms with Crippen molar-refractivity contribution in [3.63, 3.8) is 0 Å². The molecule has 0 fully saturated rings. The first kappa shape index (κ1) is 11.6. The summed E-state index contributed by atoms with van der Waals surface area (Å²) in [5, 5.41) is 2.78. The van der Waals surface area contributed by atoms with Crippen LogP contribution < -0.4 is 5.32 Å². The predicted molar refractivity (Wildman–Crippen MR) is 62.1 cm³/mol. The van der Waals surface area contributed by atoms with E-state index in [-0.39, 0.29) is 24.2 Å². The molecular formula is C12H14FN3O. The predicted octanol–water partition coefficient (Wildman–Crippen LogP) is 1.54. The van der Waals surface area contributed by atoms with E-state index in [0.717, 1.165) is 0 Å². The number of carbonyl (C=O) groups is 1. The molecule has 0 aliphatic heterocycles. The first-order valence-electron chi connectivity index (χ1n) is 5.47. The van der Waals surface area contributed by atoms with Gasteiger partial charge in [0.05, 0.1) is 12.1 Å². The second-order valence-corrected chi connectivity index (χ2v) is 4.24. The van der Waals surface area contributed by atoms with Gasteiger partial charge in [-0.1, -0.05) is 0 Å². The molecular weight excluding hydrogens is 221 g/mol. The van der Waals surface area contributed by atoms with Crippen molar-refractivity contribution >= 4 is 11.6 Å². The Kier molecular flexibility index (Phi) is 3.08. The van der Waals surface area contributed by atoms with E-state index < -0.39 is 0 Å². The smallest absolute Gasteiger partial charge is 0.226 e. The molecule has 0 saturated carbocycles. The van der Waals surface area contributed by atoms with Gasteiger partial charge in [-0.3, -0.25) is 4.79 Å². The quantitative estimate of drug-likeness (QED) is 0.877. The molecule has 0 aromatic carbocycles. The third kappa shape index (κ3) is 2.81. The lowest BCUT2D eigenvalue weighted by molar-refractivity contribution is -0.120. The number of fused-ring (bicyclic) bond motifs is 1. The van der Waals surface area contributed by atoms with Crippen LogP contribution in [0.25, 0.3) is 5.65 Å². The molecule has 2 aromatic heterocycles. The number of hydrogen-bond acceptors (Lipinski definition) is 2. The van der Waals surface area contributed by atoms with E-state index in [9.17, 15) is 9.18 Å². The zero-order valence-corrected chi connectivity index (χ0v) is 9.77. The highest BCUT2D eigenvalue weighted by Crippen LogP contribution is 2.07. The Balaban J connectivity index is 2.17. The SMILES string of the molecule is CC(C)NC(=O)Cc1cn2cc(F)ccc2n1. The van der Waals surface area contributed by atoms with Crippen molar-refractivity contribution in [2.45, 2.75) is 26.3 Å². The summed E-state index contributed by atoms with van der Waals surface area (Å²) in [6.07, 6.45) is 3.21. The fourth-order valence-corrected chi connectivity index (χ4v) is 1.64. The second-order valence-electron chi connectivity index (χ2n) is 4.24. The molecule has 0 unspecified atom stereocenters. The molecule has 0 atom stereocenters. The minimum atomic E-state index is -0.326. The number of pyridine rings is 1. The van der Waals surface area contributed by atoms with Gasteiger partial charge in [0, 0.05) is 18.4 Å². The van der Waals surface area contributed by atoms with E-state index in [4.69, 9.17) is 0 Å². The number of nitrogens with one attached hydrogen (secondary N) is 1. The maximum atomic E-state index is 13.0. The lowest BCUT2D eigenvalue weighted by Crippen LogP contribution is -2.31. The van der Waals surface area contributed by atoms with E-state index in [1.165, 1.54) is 12.3 Å². The molecule has 0 spiro atoms. The largest absolute Gasteiger partial charge is 0.354 e. The molecule has 17 heavy (non-hydrogen) atoms. The number of halogens is 1. The summed E-state index contributed by atoms with van der Waals surface area (Å²) in [6, 6.07) is 3.04. The lowest BCUT2D eigenvalue weighted by Gasteiger charge is -2.06. The van der Waals surface area contributed by atoms with E-state index >= 15 is 0 Å². The Morgan fingerprint density at radius 1 is 1.47 bits per heavy atom. The minimum absolute atomic E-state index is 0.0797. The average Bonchev–Trinajstić information content (AvgIpc) is 2.57. The Bertz CT molecular complexity index is 548. The Hall–Kier alpha value is -1.91. The van der Waals surface area contributed by atoms with Crippen molar-refractivity contribution < 1.29 is 9.18 Å². The Morgan fingerprint density at radius 3 is 2.94 bits per heavy atom. The van der Waals surface area contributed by atoms with Crippen LogP contribution in [0.3, 0.4) is 0 Å². The molecule has 5 heteroatoms. The number of hydrogen-bond donors (Lipinski definition) is 1. The van der Waals surface area contributed by atoms with Gasteiger partial charge in [0.25, 0.3) is 0 Å². The molecule has 90 valence electrons. The molecule has 0 bridgehead atoms. The molecule has 2 heterocycles. The maximum absolute atomic E-state index is 13.0. The van der Waals surface area contributed by atoms with E-state index in [2.05, 4.69) is 10.3 Å². The zero-order valence-electron chi connectivity index (χ0n) is 9.77. The van der Waals surface area contributed by atoms with Gasteiger partial charge < -0.3 is 9.72 Å². The van der Waals surface area contributed by atoms with Gasteiger partial charge in [-0.15, -0.1) is 0 Å². The number of aromatic nitrogens is 2. The number of rotatable bonds is 3. The Morgan fingerprint density at radius 2 is 2.24 bits per heavy atom. The molecule has 4 nitrogen and oxygen atoms in total. The van der Waals surface area contributed by atoms with E-state index in [1.54, 1.807) is 16.7 Å². The number of imidazole rings is 1. The molecule has 0 saturated heterocycles. The lowest BCUT2D eigenvalue weighted by atomic mass is 10.3. The van der Waals surface area contributed by atoms with Crippen molar-refractivity contribution in [3.8, 4) is 0 Å². The maximum Gasteiger partial charge on any atom is 0.226 e. The minimum Gasteiger partial charge on any atom is -0.354 e. The fourth-order valence-electron chi connectivity index (χ4n) is 1.64. The molecule has 2 aromatic rings. The van der Waals surface area contributed by atoms with Crippen LogP contribution in [0.1, 0.15) is 19.5 Å². The van der Waals surface area contributed by atoms with Crippen molar-refractivity contribution in [3.05, 3.63) is 36.0 Å². The first-order valence-corrected chi connectivity index (χ1v) is 5.47.